The topological polar surface area (TPSA) is 84.9 Å². The largest absolute Gasteiger partial charge is 0.497 e. The summed E-state index contributed by atoms with van der Waals surface area (Å²) in [6.45, 7) is 1.39. The zero-order chi connectivity index (χ0) is 21.0. The van der Waals surface area contributed by atoms with Crippen LogP contribution in [0.5, 0.6) is 11.5 Å². The highest BCUT2D eigenvalue weighted by Crippen LogP contribution is 2.24. The average molecular weight is 396 g/mol. The molecule has 2 aromatic rings. The van der Waals surface area contributed by atoms with Gasteiger partial charge in [-0.15, -0.1) is 0 Å². The molecule has 7 heteroatoms. The Bertz CT molecular complexity index is 908. The number of carbonyl (C=O) groups is 3. The number of aryl methyl sites for hydroxylation is 1. The summed E-state index contributed by atoms with van der Waals surface area (Å²) >= 11 is 0. The molecule has 1 heterocycles. The molecule has 0 radical (unpaired) electrons. The Labute approximate surface area is 169 Å². The highest BCUT2D eigenvalue weighted by atomic mass is 16.5. The molecule has 1 fully saturated rings. The summed E-state index contributed by atoms with van der Waals surface area (Å²) in [6, 6.07) is 13.6. The van der Waals surface area contributed by atoms with Crippen LogP contribution in [0.2, 0.25) is 0 Å². The summed E-state index contributed by atoms with van der Waals surface area (Å²) in [4.78, 5) is 38.7. The van der Waals surface area contributed by atoms with E-state index in [0.717, 1.165) is 16.2 Å². The molecule has 1 saturated heterocycles. The average Bonchev–Trinajstić information content (AvgIpc) is 2.96. The van der Waals surface area contributed by atoms with Crippen LogP contribution >= 0.6 is 0 Å². The van der Waals surface area contributed by atoms with E-state index in [1.807, 2.05) is 24.3 Å². The monoisotopic (exact) mass is 396 g/mol. The number of urea groups is 1. The summed E-state index contributed by atoms with van der Waals surface area (Å²) in [5.41, 5.74) is 0.400. The second-order valence-electron chi connectivity index (χ2n) is 7.15. The molecule has 7 nitrogen and oxygen atoms in total. The highest BCUT2D eigenvalue weighted by molar-refractivity contribution is 6.11. The number of ether oxygens (including phenoxy) is 2. The summed E-state index contributed by atoms with van der Waals surface area (Å²) in [7, 11) is 3.14. The van der Waals surface area contributed by atoms with Crippen LogP contribution in [0.15, 0.2) is 48.5 Å². The van der Waals surface area contributed by atoms with Crippen LogP contribution in [0.3, 0.4) is 0 Å². The first-order chi connectivity index (χ1) is 13.9. The van der Waals surface area contributed by atoms with Gasteiger partial charge < -0.3 is 14.8 Å². The van der Waals surface area contributed by atoms with E-state index < -0.39 is 17.5 Å². The number of rotatable bonds is 8. The fraction of sp³-hybridized carbons (Fsp3) is 0.318. The van der Waals surface area contributed by atoms with E-state index >= 15 is 0 Å². The second-order valence-corrected chi connectivity index (χ2v) is 7.15. The van der Waals surface area contributed by atoms with Gasteiger partial charge in [0.15, 0.2) is 5.78 Å². The Morgan fingerprint density at radius 2 is 1.52 bits per heavy atom. The van der Waals surface area contributed by atoms with E-state index in [1.165, 1.54) is 7.11 Å². The molecule has 1 aliphatic heterocycles. The molecule has 0 saturated carbocycles. The maximum absolute atomic E-state index is 12.9. The molecular formula is C22H24N2O5. The first-order valence-electron chi connectivity index (χ1n) is 9.30. The Morgan fingerprint density at radius 1 is 0.966 bits per heavy atom. The van der Waals surface area contributed by atoms with Crippen LogP contribution in [-0.4, -0.2) is 48.9 Å². The normalized spacial score (nSPS) is 18.5. The third-order valence-corrected chi connectivity index (χ3v) is 5.13. The van der Waals surface area contributed by atoms with E-state index in [-0.39, 0.29) is 12.3 Å². The molecule has 29 heavy (non-hydrogen) atoms. The lowest BCUT2D eigenvalue weighted by molar-refractivity contribution is -0.130. The van der Waals surface area contributed by atoms with Gasteiger partial charge in [-0.05, 0) is 61.7 Å². The van der Waals surface area contributed by atoms with Gasteiger partial charge in [-0.3, -0.25) is 14.5 Å². The molecule has 2 aromatic carbocycles. The van der Waals surface area contributed by atoms with Gasteiger partial charge in [-0.25, -0.2) is 4.79 Å². The summed E-state index contributed by atoms with van der Waals surface area (Å²) < 4.78 is 10.2. The lowest BCUT2D eigenvalue weighted by atomic mass is 9.93. The third-order valence-electron chi connectivity index (χ3n) is 5.13. The quantitative estimate of drug-likeness (QED) is 0.548. The van der Waals surface area contributed by atoms with E-state index in [0.29, 0.717) is 24.2 Å². The van der Waals surface area contributed by atoms with Crippen LogP contribution in [-0.2, 0) is 11.2 Å². The number of nitrogens with one attached hydrogen (secondary N) is 1. The first kappa shape index (κ1) is 20.4. The highest BCUT2D eigenvalue weighted by Gasteiger charge is 2.47. The molecule has 152 valence electrons. The molecule has 0 aliphatic carbocycles. The number of hydrogen-bond acceptors (Lipinski definition) is 5. The number of benzene rings is 2. The molecule has 1 aliphatic rings. The van der Waals surface area contributed by atoms with Crippen LogP contribution in [0.4, 0.5) is 4.79 Å². The van der Waals surface area contributed by atoms with Gasteiger partial charge in [0.05, 0.1) is 20.8 Å². The van der Waals surface area contributed by atoms with Gasteiger partial charge in [0.1, 0.15) is 17.0 Å². The number of ketones is 1. The Kier molecular flexibility index (Phi) is 5.87. The predicted octanol–water partition coefficient (Wildman–Crippen LogP) is 2.83. The van der Waals surface area contributed by atoms with Crippen molar-refractivity contribution in [2.75, 3.05) is 20.8 Å². The van der Waals surface area contributed by atoms with Crippen molar-refractivity contribution in [2.24, 2.45) is 0 Å². The maximum atomic E-state index is 12.9. The molecule has 3 rings (SSSR count). The van der Waals surface area contributed by atoms with Crippen molar-refractivity contribution in [3.63, 3.8) is 0 Å². The number of imide groups is 1. The van der Waals surface area contributed by atoms with Gasteiger partial charge in [0.2, 0.25) is 0 Å². The van der Waals surface area contributed by atoms with Crippen LogP contribution in [0.25, 0.3) is 0 Å². The molecular weight excluding hydrogens is 372 g/mol. The van der Waals surface area contributed by atoms with E-state index in [9.17, 15) is 14.4 Å². The van der Waals surface area contributed by atoms with E-state index in [4.69, 9.17) is 9.47 Å². The van der Waals surface area contributed by atoms with Crippen molar-refractivity contribution in [3.05, 3.63) is 59.7 Å². The van der Waals surface area contributed by atoms with E-state index in [2.05, 4.69) is 5.32 Å². The SMILES string of the molecule is COc1ccc(CC[C@@]2(C)NC(=O)N(CC(=O)c3ccc(OC)cc3)C2=O)cc1. The first-order valence-corrected chi connectivity index (χ1v) is 9.30. The van der Waals surface area contributed by atoms with Crippen LogP contribution in [0, 0.1) is 0 Å². The number of carbonyl (C=O) groups excluding carboxylic acids is 3. The van der Waals surface area contributed by atoms with Crippen molar-refractivity contribution < 1.29 is 23.9 Å². The van der Waals surface area contributed by atoms with Crippen molar-refractivity contribution >= 4 is 17.7 Å². The number of methoxy groups -OCH3 is 2. The zero-order valence-corrected chi connectivity index (χ0v) is 16.7. The van der Waals surface area contributed by atoms with Crippen LogP contribution in [0.1, 0.15) is 29.3 Å². The van der Waals surface area contributed by atoms with E-state index in [1.54, 1.807) is 38.3 Å². The van der Waals surface area contributed by atoms with Gasteiger partial charge in [-0.2, -0.15) is 0 Å². The lowest BCUT2D eigenvalue weighted by Gasteiger charge is -2.21. The number of amides is 3. The predicted molar refractivity (Wildman–Crippen MR) is 107 cm³/mol. The van der Waals surface area contributed by atoms with Crippen molar-refractivity contribution in [2.45, 2.75) is 25.3 Å². The Hall–Kier alpha value is -3.35. The molecule has 1 N–H and O–H groups in total. The minimum atomic E-state index is -1.04. The molecule has 0 aromatic heterocycles. The minimum absolute atomic E-state index is 0.297. The standard InChI is InChI=1S/C22H24N2O5/c1-22(13-12-15-4-8-17(28-2)9-5-15)20(26)24(21(27)23-22)14-19(25)16-6-10-18(29-3)11-7-16/h4-11H,12-14H2,1-3H3,(H,23,27)/t22-/m1/s1. The molecule has 0 unspecified atom stereocenters. The molecule has 0 spiro atoms. The van der Waals surface area contributed by atoms with Gasteiger partial charge >= 0.3 is 6.03 Å². The fourth-order valence-corrected chi connectivity index (χ4v) is 3.26. The van der Waals surface area contributed by atoms with Crippen molar-refractivity contribution in [3.8, 4) is 11.5 Å². The number of Topliss-reactive ketones (excluding diaryl/α,β-unsaturated/α-hetero) is 1. The Balaban J connectivity index is 1.64. The van der Waals surface area contributed by atoms with Crippen LogP contribution < -0.4 is 14.8 Å². The van der Waals surface area contributed by atoms with Gasteiger partial charge in [0, 0.05) is 5.56 Å². The summed E-state index contributed by atoms with van der Waals surface area (Å²) in [5.74, 6) is 0.685. The smallest absolute Gasteiger partial charge is 0.325 e. The number of nitrogens with zero attached hydrogens (tertiary/aromatic N) is 1. The van der Waals surface area contributed by atoms with Crippen molar-refractivity contribution in [1.29, 1.82) is 0 Å². The maximum Gasteiger partial charge on any atom is 0.325 e. The third kappa shape index (κ3) is 4.39. The summed E-state index contributed by atoms with van der Waals surface area (Å²) in [5, 5.41) is 2.74. The zero-order valence-electron chi connectivity index (χ0n) is 16.7. The van der Waals surface area contributed by atoms with Crippen molar-refractivity contribution in [1.82, 2.24) is 10.2 Å². The van der Waals surface area contributed by atoms with Gasteiger partial charge in [-0.1, -0.05) is 12.1 Å². The molecule has 1 atom stereocenters. The summed E-state index contributed by atoms with van der Waals surface area (Å²) in [6.07, 6.45) is 1.03. The molecule has 3 amide bonds. The van der Waals surface area contributed by atoms with Gasteiger partial charge in [0.25, 0.3) is 5.91 Å². The number of hydrogen-bond donors (Lipinski definition) is 1. The Morgan fingerprint density at radius 3 is 2.07 bits per heavy atom. The minimum Gasteiger partial charge on any atom is -0.497 e. The fourth-order valence-electron chi connectivity index (χ4n) is 3.26. The molecule has 0 bridgehead atoms. The second kappa shape index (κ2) is 8.34. The lowest BCUT2D eigenvalue weighted by Crippen LogP contribution is -2.44.